The molecule has 0 aliphatic heterocycles. The van der Waals surface area contributed by atoms with E-state index in [-0.39, 0.29) is 24.6 Å². The molecular formula is C18H20N6O6. The van der Waals surface area contributed by atoms with Gasteiger partial charge in [0.05, 0.1) is 0 Å². The van der Waals surface area contributed by atoms with Crippen molar-refractivity contribution in [2.45, 2.75) is 19.3 Å². The Labute approximate surface area is 169 Å². The molecule has 0 aliphatic carbocycles. The van der Waals surface area contributed by atoms with Crippen LogP contribution in [0.1, 0.15) is 18.7 Å². The molecule has 0 aliphatic rings. The SMILES string of the molecule is Cn1c(NC(=O)CCCc2nc(-c3cccnc3)no2)cc(=O)n(C)c1=O.O=CO. The van der Waals surface area contributed by atoms with Crippen LogP contribution in [-0.4, -0.2) is 41.7 Å². The van der Waals surface area contributed by atoms with Crippen molar-refractivity contribution in [1.29, 1.82) is 0 Å². The molecule has 1 amide bonds. The molecule has 12 nitrogen and oxygen atoms in total. The number of carboxylic acid groups (broad SMARTS) is 1. The highest BCUT2D eigenvalue weighted by molar-refractivity contribution is 5.89. The monoisotopic (exact) mass is 416 g/mol. The number of anilines is 1. The van der Waals surface area contributed by atoms with Gasteiger partial charge in [0.15, 0.2) is 0 Å². The summed E-state index contributed by atoms with van der Waals surface area (Å²) in [5, 5.41) is 13.4. The topological polar surface area (TPSA) is 162 Å². The van der Waals surface area contributed by atoms with E-state index in [1.165, 1.54) is 24.7 Å². The number of nitrogens with zero attached hydrogens (tertiary/aromatic N) is 5. The first-order valence-electron chi connectivity index (χ1n) is 8.75. The van der Waals surface area contributed by atoms with Gasteiger partial charge in [-0.3, -0.25) is 28.5 Å². The number of pyridine rings is 1. The number of aryl methyl sites for hydroxylation is 1. The minimum atomic E-state index is -0.508. The average Bonchev–Trinajstić information content (AvgIpc) is 3.20. The maximum atomic E-state index is 12.1. The molecule has 0 spiro atoms. The fourth-order valence-electron chi connectivity index (χ4n) is 2.43. The molecule has 0 fully saturated rings. The summed E-state index contributed by atoms with van der Waals surface area (Å²) in [7, 11) is 2.86. The van der Waals surface area contributed by atoms with Crippen molar-refractivity contribution in [2.24, 2.45) is 14.1 Å². The number of carbonyl (C=O) groups excluding carboxylic acids is 1. The number of hydrogen-bond acceptors (Lipinski definition) is 8. The molecule has 2 N–H and O–H groups in total. The van der Waals surface area contributed by atoms with Gasteiger partial charge in [0.2, 0.25) is 17.6 Å². The third-order valence-electron chi connectivity index (χ3n) is 3.98. The Hall–Kier alpha value is -4.09. The van der Waals surface area contributed by atoms with Gasteiger partial charge >= 0.3 is 5.69 Å². The van der Waals surface area contributed by atoms with Crippen LogP contribution >= 0.6 is 0 Å². The van der Waals surface area contributed by atoms with Gasteiger partial charge in [-0.2, -0.15) is 4.98 Å². The highest BCUT2D eigenvalue weighted by atomic mass is 16.5. The largest absolute Gasteiger partial charge is 0.483 e. The molecular weight excluding hydrogens is 396 g/mol. The second kappa shape index (κ2) is 10.5. The van der Waals surface area contributed by atoms with Crippen LogP contribution in [0.3, 0.4) is 0 Å². The fourth-order valence-corrected chi connectivity index (χ4v) is 2.43. The molecule has 30 heavy (non-hydrogen) atoms. The van der Waals surface area contributed by atoms with E-state index in [0.29, 0.717) is 24.6 Å². The van der Waals surface area contributed by atoms with Gasteiger partial charge in [-0.15, -0.1) is 0 Å². The van der Waals surface area contributed by atoms with Gasteiger partial charge < -0.3 is 14.9 Å². The quantitative estimate of drug-likeness (QED) is 0.534. The molecule has 0 saturated carbocycles. The second-order valence-corrected chi connectivity index (χ2v) is 6.03. The minimum absolute atomic E-state index is 0.157. The molecule has 158 valence electrons. The first-order valence-corrected chi connectivity index (χ1v) is 8.75. The zero-order chi connectivity index (χ0) is 22.1. The van der Waals surface area contributed by atoms with Crippen molar-refractivity contribution >= 4 is 18.2 Å². The van der Waals surface area contributed by atoms with Crippen LogP contribution in [-0.2, 0) is 30.1 Å². The molecule has 0 bridgehead atoms. The van der Waals surface area contributed by atoms with Crippen LogP contribution < -0.4 is 16.6 Å². The van der Waals surface area contributed by atoms with E-state index in [1.807, 2.05) is 6.07 Å². The Morgan fingerprint density at radius 2 is 2.03 bits per heavy atom. The van der Waals surface area contributed by atoms with Crippen LogP contribution in [0.15, 0.2) is 44.7 Å². The van der Waals surface area contributed by atoms with E-state index in [1.54, 1.807) is 18.5 Å². The van der Waals surface area contributed by atoms with E-state index in [2.05, 4.69) is 20.4 Å². The number of hydrogen-bond donors (Lipinski definition) is 2. The average molecular weight is 416 g/mol. The summed E-state index contributed by atoms with van der Waals surface area (Å²) in [6, 6.07) is 4.81. The Bertz CT molecular complexity index is 1120. The van der Waals surface area contributed by atoms with Crippen molar-refractivity contribution in [3.8, 4) is 11.4 Å². The first kappa shape index (κ1) is 22.2. The number of aromatic nitrogens is 5. The zero-order valence-electron chi connectivity index (χ0n) is 16.3. The summed E-state index contributed by atoms with van der Waals surface area (Å²) >= 11 is 0. The van der Waals surface area contributed by atoms with E-state index < -0.39 is 11.2 Å². The Balaban J connectivity index is 0.00000101. The zero-order valence-corrected chi connectivity index (χ0v) is 16.3. The predicted molar refractivity (Wildman–Crippen MR) is 105 cm³/mol. The molecule has 0 unspecified atom stereocenters. The minimum Gasteiger partial charge on any atom is -0.483 e. The molecule has 3 aromatic rings. The van der Waals surface area contributed by atoms with Crippen molar-refractivity contribution in [3.05, 3.63) is 57.3 Å². The molecule has 0 aromatic carbocycles. The third-order valence-corrected chi connectivity index (χ3v) is 3.98. The van der Waals surface area contributed by atoms with Crippen LogP contribution in [0.2, 0.25) is 0 Å². The van der Waals surface area contributed by atoms with Gasteiger partial charge in [-0.25, -0.2) is 4.79 Å². The van der Waals surface area contributed by atoms with Crippen molar-refractivity contribution in [1.82, 2.24) is 24.3 Å². The lowest BCUT2D eigenvalue weighted by molar-refractivity contribution is -0.123. The highest BCUT2D eigenvalue weighted by Crippen LogP contribution is 2.14. The standard InChI is InChI=1S/C17H18N6O4.CH2O2/c1-22-12(9-15(25)23(2)17(22)26)19-13(24)6-3-7-14-20-16(21-27-14)11-5-4-8-18-10-11;2-1-3/h4-5,8-10H,3,6-7H2,1-2H3,(H,19,24);1H,(H,2,3). The van der Waals surface area contributed by atoms with Gasteiger partial charge in [-0.1, -0.05) is 5.16 Å². The molecule has 12 heteroatoms. The van der Waals surface area contributed by atoms with E-state index >= 15 is 0 Å². The Kier molecular flexibility index (Phi) is 7.74. The highest BCUT2D eigenvalue weighted by Gasteiger charge is 2.12. The molecule has 3 heterocycles. The predicted octanol–water partition coefficient (Wildman–Crippen LogP) is 0.191. The smallest absolute Gasteiger partial charge is 0.332 e. The second-order valence-electron chi connectivity index (χ2n) is 6.03. The summed E-state index contributed by atoms with van der Waals surface area (Å²) in [4.78, 5) is 52.2. The summed E-state index contributed by atoms with van der Waals surface area (Å²) < 4.78 is 7.34. The lowest BCUT2D eigenvalue weighted by Gasteiger charge is -2.10. The summed E-state index contributed by atoms with van der Waals surface area (Å²) in [5.74, 6) is 0.704. The van der Waals surface area contributed by atoms with Crippen LogP contribution in [0.4, 0.5) is 5.82 Å². The van der Waals surface area contributed by atoms with Gasteiger partial charge in [0.1, 0.15) is 5.82 Å². The lowest BCUT2D eigenvalue weighted by atomic mass is 10.2. The Morgan fingerprint density at radius 3 is 2.70 bits per heavy atom. The number of rotatable bonds is 6. The number of amides is 1. The third kappa shape index (κ3) is 5.70. The first-order chi connectivity index (χ1) is 14.4. The number of carbonyl (C=O) groups is 2. The maximum Gasteiger partial charge on any atom is 0.332 e. The lowest BCUT2D eigenvalue weighted by Crippen LogP contribution is -2.38. The molecule has 3 rings (SSSR count). The van der Waals surface area contributed by atoms with Gasteiger partial charge in [-0.05, 0) is 18.6 Å². The summed E-state index contributed by atoms with van der Waals surface area (Å²) in [6.07, 6.45) is 4.36. The van der Waals surface area contributed by atoms with Crippen molar-refractivity contribution < 1.29 is 19.2 Å². The summed E-state index contributed by atoms with van der Waals surface area (Å²) in [5.41, 5.74) is -0.245. The summed E-state index contributed by atoms with van der Waals surface area (Å²) in [6.45, 7) is -0.250. The van der Waals surface area contributed by atoms with Crippen molar-refractivity contribution in [2.75, 3.05) is 5.32 Å². The van der Waals surface area contributed by atoms with E-state index in [0.717, 1.165) is 10.1 Å². The maximum absolute atomic E-state index is 12.1. The van der Waals surface area contributed by atoms with E-state index in [9.17, 15) is 14.4 Å². The van der Waals surface area contributed by atoms with Crippen LogP contribution in [0.5, 0.6) is 0 Å². The van der Waals surface area contributed by atoms with E-state index in [4.69, 9.17) is 14.4 Å². The van der Waals surface area contributed by atoms with Crippen LogP contribution in [0.25, 0.3) is 11.4 Å². The van der Waals surface area contributed by atoms with Gasteiger partial charge in [0, 0.05) is 51.0 Å². The van der Waals surface area contributed by atoms with Crippen LogP contribution in [0, 0.1) is 0 Å². The van der Waals surface area contributed by atoms with Gasteiger partial charge in [0.25, 0.3) is 12.0 Å². The Morgan fingerprint density at radius 1 is 1.30 bits per heavy atom. The molecule has 0 radical (unpaired) electrons. The molecule has 0 atom stereocenters. The number of nitrogens with one attached hydrogen (secondary N) is 1. The van der Waals surface area contributed by atoms with Crippen molar-refractivity contribution in [3.63, 3.8) is 0 Å². The normalized spacial score (nSPS) is 10.1. The molecule has 3 aromatic heterocycles. The molecule has 0 saturated heterocycles. The fraction of sp³-hybridized carbons (Fsp3) is 0.278.